The molecule has 1 heterocycles. The van der Waals surface area contributed by atoms with Crippen LogP contribution in [0.25, 0.3) is 10.9 Å². The van der Waals surface area contributed by atoms with Gasteiger partial charge < -0.3 is 5.32 Å². The number of hydrogen-bond acceptors (Lipinski definition) is 4. The fourth-order valence-electron chi connectivity index (χ4n) is 2.91. The van der Waals surface area contributed by atoms with Gasteiger partial charge in [-0.05, 0) is 55.3 Å². The molecule has 0 aliphatic heterocycles. The quantitative estimate of drug-likeness (QED) is 0.634. The third-order valence-electron chi connectivity index (χ3n) is 4.16. The predicted molar refractivity (Wildman–Crippen MR) is 109 cm³/mol. The van der Waals surface area contributed by atoms with E-state index >= 15 is 0 Å². The van der Waals surface area contributed by atoms with Gasteiger partial charge >= 0.3 is 0 Å². The minimum Gasteiger partial charge on any atom is -0.322 e. The number of amides is 1. The number of carbonyl (C=O) groups is 1. The van der Waals surface area contributed by atoms with E-state index in [1.54, 1.807) is 18.2 Å². The van der Waals surface area contributed by atoms with Gasteiger partial charge in [0.05, 0.1) is 16.0 Å². The molecule has 0 saturated heterocycles. The highest BCUT2D eigenvalue weighted by atomic mass is 79.9. The van der Waals surface area contributed by atoms with Gasteiger partial charge in [0.2, 0.25) is 10.0 Å². The van der Waals surface area contributed by atoms with Gasteiger partial charge in [0, 0.05) is 21.2 Å². The SMILES string of the molecule is CCc1ccc(NC(=O)c2cc(C)nc3ccc(Br)cc23)cc1S(N)(=O)=O. The molecule has 0 spiro atoms. The van der Waals surface area contributed by atoms with Gasteiger partial charge in [-0.15, -0.1) is 0 Å². The van der Waals surface area contributed by atoms with Crippen molar-refractivity contribution in [1.29, 1.82) is 0 Å². The Balaban J connectivity index is 2.04. The highest BCUT2D eigenvalue weighted by molar-refractivity contribution is 9.10. The van der Waals surface area contributed by atoms with Crippen LogP contribution in [0.4, 0.5) is 5.69 Å². The van der Waals surface area contributed by atoms with Gasteiger partial charge in [-0.25, -0.2) is 13.6 Å². The lowest BCUT2D eigenvalue weighted by molar-refractivity contribution is 0.102. The van der Waals surface area contributed by atoms with E-state index < -0.39 is 10.0 Å². The fourth-order valence-corrected chi connectivity index (χ4v) is 4.14. The summed E-state index contributed by atoms with van der Waals surface area (Å²) in [6.45, 7) is 3.65. The number of carbonyl (C=O) groups excluding carboxylic acids is 1. The number of sulfonamides is 1. The second-order valence-electron chi connectivity index (χ2n) is 6.15. The van der Waals surface area contributed by atoms with E-state index in [4.69, 9.17) is 5.14 Å². The summed E-state index contributed by atoms with van der Waals surface area (Å²) in [5, 5.41) is 8.76. The van der Waals surface area contributed by atoms with Gasteiger partial charge in [-0.3, -0.25) is 9.78 Å². The van der Waals surface area contributed by atoms with Crippen LogP contribution < -0.4 is 10.5 Å². The first-order valence-corrected chi connectivity index (χ1v) is 10.6. The largest absolute Gasteiger partial charge is 0.322 e. The Labute approximate surface area is 166 Å². The highest BCUT2D eigenvalue weighted by Gasteiger charge is 2.17. The van der Waals surface area contributed by atoms with Gasteiger partial charge in [-0.1, -0.05) is 28.9 Å². The molecule has 0 atom stereocenters. The lowest BCUT2D eigenvalue weighted by atomic mass is 10.1. The van der Waals surface area contributed by atoms with Crippen LogP contribution in [0, 0.1) is 6.92 Å². The second kappa shape index (κ2) is 7.38. The molecule has 2 aromatic carbocycles. The Bertz CT molecular complexity index is 1160. The van der Waals surface area contributed by atoms with Crippen LogP contribution in [0.2, 0.25) is 0 Å². The van der Waals surface area contributed by atoms with E-state index in [-0.39, 0.29) is 10.8 Å². The Kier molecular flexibility index (Phi) is 5.32. The molecule has 0 aliphatic carbocycles. The van der Waals surface area contributed by atoms with Crippen molar-refractivity contribution in [3.63, 3.8) is 0 Å². The number of nitrogens with one attached hydrogen (secondary N) is 1. The zero-order valence-electron chi connectivity index (χ0n) is 14.8. The normalized spacial score (nSPS) is 11.6. The maximum Gasteiger partial charge on any atom is 0.256 e. The van der Waals surface area contributed by atoms with Crippen LogP contribution in [0.5, 0.6) is 0 Å². The molecule has 3 rings (SSSR count). The van der Waals surface area contributed by atoms with E-state index in [1.807, 2.05) is 32.0 Å². The molecule has 0 aliphatic rings. The van der Waals surface area contributed by atoms with Crippen LogP contribution in [-0.4, -0.2) is 19.3 Å². The summed E-state index contributed by atoms with van der Waals surface area (Å²) < 4.78 is 24.5. The topological polar surface area (TPSA) is 102 Å². The Morgan fingerprint density at radius 2 is 1.93 bits per heavy atom. The number of fused-ring (bicyclic) bond motifs is 1. The number of pyridine rings is 1. The molecule has 0 radical (unpaired) electrons. The molecule has 27 heavy (non-hydrogen) atoms. The second-order valence-corrected chi connectivity index (χ2v) is 8.59. The summed E-state index contributed by atoms with van der Waals surface area (Å²) >= 11 is 3.41. The van der Waals surface area contributed by atoms with Crippen molar-refractivity contribution in [3.8, 4) is 0 Å². The number of halogens is 1. The maximum atomic E-state index is 12.9. The van der Waals surface area contributed by atoms with Gasteiger partial charge in [0.15, 0.2) is 0 Å². The first-order valence-electron chi connectivity index (χ1n) is 8.23. The number of aromatic nitrogens is 1. The van der Waals surface area contributed by atoms with Crippen molar-refractivity contribution in [2.75, 3.05) is 5.32 Å². The number of hydrogen-bond donors (Lipinski definition) is 2. The van der Waals surface area contributed by atoms with Crippen molar-refractivity contribution in [1.82, 2.24) is 4.98 Å². The van der Waals surface area contributed by atoms with E-state index in [1.165, 1.54) is 6.07 Å². The Morgan fingerprint density at radius 1 is 1.19 bits per heavy atom. The van der Waals surface area contributed by atoms with E-state index in [2.05, 4.69) is 26.2 Å². The van der Waals surface area contributed by atoms with Crippen LogP contribution in [0.15, 0.2) is 51.8 Å². The number of anilines is 1. The lowest BCUT2D eigenvalue weighted by Gasteiger charge is -2.12. The molecule has 0 unspecified atom stereocenters. The minimum absolute atomic E-state index is 0.0151. The maximum absolute atomic E-state index is 12.9. The van der Waals surface area contributed by atoms with Crippen molar-refractivity contribution in [3.05, 3.63) is 63.8 Å². The summed E-state index contributed by atoms with van der Waals surface area (Å²) in [4.78, 5) is 17.3. The molecule has 8 heteroatoms. The summed E-state index contributed by atoms with van der Waals surface area (Å²) in [6, 6.07) is 11.9. The number of nitrogens with two attached hydrogens (primary N) is 1. The number of nitrogens with zero attached hydrogens (tertiary/aromatic N) is 1. The molecular weight excluding hydrogens is 430 g/mol. The summed E-state index contributed by atoms with van der Waals surface area (Å²) in [7, 11) is -3.88. The number of rotatable bonds is 4. The first kappa shape index (κ1) is 19.5. The number of benzene rings is 2. The smallest absolute Gasteiger partial charge is 0.256 e. The average molecular weight is 448 g/mol. The summed E-state index contributed by atoms with van der Waals surface area (Å²) in [5.74, 6) is -0.354. The third kappa shape index (κ3) is 4.18. The van der Waals surface area contributed by atoms with E-state index in [9.17, 15) is 13.2 Å². The molecule has 0 bridgehead atoms. The molecule has 0 saturated carbocycles. The average Bonchev–Trinajstić information content (AvgIpc) is 2.60. The molecule has 3 aromatic rings. The zero-order chi connectivity index (χ0) is 19.8. The minimum atomic E-state index is -3.88. The van der Waals surface area contributed by atoms with Crippen LogP contribution >= 0.6 is 15.9 Å². The molecule has 1 amide bonds. The van der Waals surface area contributed by atoms with Crippen LogP contribution in [0.3, 0.4) is 0 Å². The summed E-state index contributed by atoms with van der Waals surface area (Å²) in [5.41, 5.74) is 2.83. The lowest BCUT2D eigenvalue weighted by Crippen LogP contribution is -2.17. The molecule has 0 fully saturated rings. The Hall–Kier alpha value is -2.29. The van der Waals surface area contributed by atoms with Crippen molar-refractivity contribution >= 4 is 48.5 Å². The van der Waals surface area contributed by atoms with Crippen molar-refractivity contribution in [2.45, 2.75) is 25.2 Å². The van der Waals surface area contributed by atoms with E-state index in [0.29, 0.717) is 39.8 Å². The van der Waals surface area contributed by atoms with Gasteiger partial charge in [0.1, 0.15) is 0 Å². The fraction of sp³-hybridized carbons (Fsp3) is 0.158. The number of aryl methyl sites for hydroxylation is 2. The highest BCUT2D eigenvalue weighted by Crippen LogP contribution is 2.25. The predicted octanol–water partition coefficient (Wildman–Crippen LogP) is 3.77. The number of primary sulfonamides is 1. The molecule has 140 valence electrons. The molecule has 6 nitrogen and oxygen atoms in total. The van der Waals surface area contributed by atoms with Crippen molar-refractivity contribution < 1.29 is 13.2 Å². The Morgan fingerprint density at radius 3 is 2.59 bits per heavy atom. The molecular formula is C19H18BrN3O3S. The third-order valence-corrected chi connectivity index (χ3v) is 5.64. The van der Waals surface area contributed by atoms with Crippen LogP contribution in [-0.2, 0) is 16.4 Å². The first-order chi connectivity index (χ1) is 12.7. The van der Waals surface area contributed by atoms with Gasteiger partial charge in [0.25, 0.3) is 5.91 Å². The summed E-state index contributed by atoms with van der Waals surface area (Å²) in [6.07, 6.45) is 0.516. The molecule has 3 N–H and O–H groups in total. The molecule has 1 aromatic heterocycles. The zero-order valence-corrected chi connectivity index (χ0v) is 17.2. The van der Waals surface area contributed by atoms with Crippen LogP contribution in [0.1, 0.15) is 28.5 Å². The van der Waals surface area contributed by atoms with E-state index in [0.717, 1.165) is 4.47 Å². The van der Waals surface area contributed by atoms with Crippen molar-refractivity contribution in [2.24, 2.45) is 5.14 Å². The monoisotopic (exact) mass is 447 g/mol. The standard InChI is InChI=1S/C19H18BrN3O3S/c1-3-12-4-6-14(10-18(12)27(21,25)26)23-19(24)16-8-11(2)22-17-7-5-13(20)9-15(16)17/h4-10H,3H2,1-2H3,(H,23,24)(H2,21,25,26). The van der Waals surface area contributed by atoms with Gasteiger partial charge in [-0.2, -0.15) is 0 Å².